The summed E-state index contributed by atoms with van der Waals surface area (Å²) in [5.74, 6) is -2.38. The SMILES string of the molecule is O=C1C=CC(=O)N1CCCCCC(=O)N1C(=O)C=CC1=O. The molecule has 0 N–H and O–H groups in total. The number of hydrogen-bond acceptors (Lipinski definition) is 5. The number of carbonyl (C=O) groups excluding carboxylic acids is 5. The van der Waals surface area contributed by atoms with Gasteiger partial charge in [0.2, 0.25) is 5.91 Å². The molecule has 2 aliphatic heterocycles. The highest BCUT2D eigenvalue weighted by Crippen LogP contribution is 2.11. The molecule has 0 spiro atoms. The van der Waals surface area contributed by atoms with E-state index < -0.39 is 17.7 Å². The van der Waals surface area contributed by atoms with Crippen LogP contribution in [0.15, 0.2) is 24.3 Å². The number of carbonyl (C=O) groups is 5. The molecule has 7 heteroatoms. The van der Waals surface area contributed by atoms with E-state index in [1.807, 2.05) is 0 Å². The van der Waals surface area contributed by atoms with Crippen LogP contribution >= 0.6 is 0 Å². The van der Waals surface area contributed by atoms with Crippen LogP contribution in [0.4, 0.5) is 0 Å². The van der Waals surface area contributed by atoms with Crippen LogP contribution in [0.1, 0.15) is 25.7 Å². The highest BCUT2D eigenvalue weighted by atomic mass is 16.2. The molecule has 2 heterocycles. The number of imide groups is 4. The van der Waals surface area contributed by atoms with Crippen LogP contribution in [0, 0.1) is 0 Å². The van der Waals surface area contributed by atoms with Gasteiger partial charge in [0.25, 0.3) is 23.6 Å². The van der Waals surface area contributed by atoms with Crippen LogP contribution in [0.25, 0.3) is 0 Å². The third-order valence-electron chi connectivity index (χ3n) is 3.23. The topological polar surface area (TPSA) is 91.8 Å². The molecule has 0 atom stereocenters. The molecule has 0 saturated heterocycles. The lowest BCUT2D eigenvalue weighted by atomic mass is 10.1. The molecule has 110 valence electrons. The summed E-state index contributed by atoms with van der Waals surface area (Å²) in [7, 11) is 0. The molecule has 2 aliphatic rings. The standard InChI is InChI=1S/C14H14N2O5/c17-10-5-6-11(18)15(10)9-3-1-2-4-12(19)16-13(20)7-8-14(16)21/h5-8H,1-4,9H2. The summed E-state index contributed by atoms with van der Waals surface area (Å²) in [6.45, 7) is 0.308. The first-order valence-corrected chi connectivity index (χ1v) is 6.63. The Morgan fingerprint density at radius 3 is 1.86 bits per heavy atom. The Kier molecular flexibility index (Phi) is 4.42. The van der Waals surface area contributed by atoms with Gasteiger partial charge in [-0.1, -0.05) is 6.42 Å². The maximum Gasteiger partial charge on any atom is 0.260 e. The first-order chi connectivity index (χ1) is 10.0. The van der Waals surface area contributed by atoms with Crippen molar-refractivity contribution in [3.8, 4) is 0 Å². The number of unbranched alkanes of at least 4 members (excludes halogenated alkanes) is 2. The number of nitrogens with zero attached hydrogens (tertiary/aromatic N) is 2. The minimum atomic E-state index is -0.607. The van der Waals surface area contributed by atoms with E-state index in [-0.39, 0.29) is 18.2 Å². The van der Waals surface area contributed by atoms with E-state index in [9.17, 15) is 24.0 Å². The van der Waals surface area contributed by atoms with Crippen molar-refractivity contribution in [2.24, 2.45) is 0 Å². The van der Waals surface area contributed by atoms with Crippen molar-refractivity contribution in [2.45, 2.75) is 25.7 Å². The molecule has 5 amide bonds. The number of rotatable bonds is 6. The van der Waals surface area contributed by atoms with Crippen LogP contribution in [0.3, 0.4) is 0 Å². The minimum Gasteiger partial charge on any atom is -0.275 e. The van der Waals surface area contributed by atoms with Gasteiger partial charge in [0.1, 0.15) is 0 Å². The molecule has 0 radical (unpaired) electrons. The van der Waals surface area contributed by atoms with E-state index in [2.05, 4.69) is 0 Å². The zero-order valence-electron chi connectivity index (χ0n) is 11.3. The summed E-state index contributed by atoms with van der Waals surface area (Å²) in [4.78, 5) is 58.6. The second-order valence-electron chi connectivity index (χ2n) is 4.71. The number of hydrogen-bond donors (Lipinski definition) is 0. The monoisotopic (exact) mass is 290 g/mol. The van der Waals surface area contributed by atoms with Crippen molar-refractivity contribution < 1.29 is 24.0 Å². The molecule has 0 bridgehead atoms. The summed E-state index contributed by atoms with van der Waals surface area (Å²) in [6, 6.07) is 0. The van der Waals surface area contributed by atoms with Gasteiger partial charge >= 0.3 is 0 Å². The first kappa shape index (κ1) is 14.8. The van der Waals surface area contributed by atoms with E-state index in [0.717, 1.165) is 17.1 Å². The van der Waals surface area contributed by atoms with Crippen LogP contribution < -0.4 is 0 Å². The smallest absolute Gasteiger partial charge is 0.260 e. The molecule has 0 aliphatic carbocycles. The second kappa shape index (κ2) is 6.25. The Morgan fingerprint density at radius 2 is 1.29 bits per heavy atom. The number of amides is 5. The molecular formula is C14H14N2O5. The predicted molar refractivity (Wildman–Crippen MR) is 70.3 cm³/mol. The van der Waals surface area contributed by atoms with Gasteiger partial charge in [0, 0.05) is 37.3 Å². The van der Waals surface area contributed by atoms with Crippen molar-refractivity contribution in [3.63, 3.8) is 0 Å². The zero-order valence-corrected chi connectivity index (χ0v) is 11.3. The van der Waals surface area contributed by atoms with Crippen molar-refractivity contribution in [2.75, 3.05) is 6.54 Å². The van der Waals surface area contributed by atoms with Crippen LogP contribution in [-0.4, -0.2) is 45.9 Å². The van der Waals surface area contributed by atoms with Gasteiger partial charge in [-0.05, 0) is 12.8 Å². The Labute approximate surface area is 120 Å². The fourth-order valence-electron chi connectivity index (χ4n) is 2.13. The van der Waals surface area contributed by atoms with Gasteiger partial charge in [-0.2, -0.15) is 0 Å². The van der Waals surface area contributed by atoms with E-state index >= 15 is 0 Å². The highest BCUT2D eigenvalue weighted by molar-refractivity contribution is 6.22. The van der Waals surface area contributed by atoms with Gasteiger partial charge in [-0.15, -0.1) is 0 Å². The van der Waals surface area contributed by atoms with Gasteiger partial charge in [0.05, 0.1) is 0 Å². The largest absolute Gasteiger partial charge is 0.275 e. The fourth-order valence-corrected chi connectivity index (χ4v) is 2.13. The van der Waals surface area contributed by atoms with Crippen LogP contribution in [-0.2, 0) is 24.0 Å². The molecule has 0 saturated carbocycles. The molecule has 0 aromatic rings. The lowest BCUT2D eigenvalue weighted by molar-refractivity contribution is -0.148. The Bertz CT molecular complexity index is 540. The normalized spacial score (nSPS) is 17.5. The summed E-state index contributed by atoms with van der Waals surface area (Å²) >= 11 is 0. The second-order valence-corrected chi connectivity index (χ2v) is 4.71. The van der Waals surface area contributed by atoms with Crippen molar-refractivity contribution in [1.82, 2.24) is 9.80 Å². The van der Waals surface area contributed by atoms with E-state index in [1.54, 1.807) is 0 Å². The maximum absolute atomic E-state index is 11.7. The molecular weight excluding hydrogens is 276 g/mol. The molecule has 2 rings (SSSR count). The van der Waals surface area contributed by atoms with E-state index in [0.29, 0.717) is 30.7 Å². The molecule has 7 nitrogen and oxygen atoms in total. The zero-order chi connectivity index (χ0) is 15.4. The molecule has 0 unspecified atom stereocenters. The van der Waals surface area contributed by atoms with Gasteiger partial charge in [-0.3, -0.25) is 28.9 Å². The van der Waals surface area contributed by atoms with Gasteiger partial charge < -0.3 is 0 Å². The third kappa shape index (κ3) is 3.31. The summed E-state index contributed by atoms with van der Waals surface area (Å²) in [5.41, 5.74) is 0. The maximum atomic E-state index is 11.7. The average Bonchev–Trinajstić information content (AvgIpc) is 2.94. The Morgan fingerprint density at radius 1 is 0.762 bits per heavy atom. The lowest BCUT2D eigenvalue weighted by Gasteiger charge is -2.14. The molecule has 0 fully saturated rings. The van der Waals surface area contributed by atoms with Gasteiger partial charge in [0.15, 0.2) is 0 Å². The Balaban J connectivity index is 1.65. The average molecular weight is 290 g/mol. The molecule has 0 aromatic heterocycles. The fraction of sp³-hybridized carbons (Fsp3) is 0.357. The Hall–Kier alpha value is -2.57. The van der Waals surface area contributed by atoms with Crippen molar-refractivity contribution >= 4 is 29.5 Å². The lowest BCUT2D eigenvalue weighted by Crippen LogP contribution is -2.36. The van der Waals surface area contributed by atoms with Crippen molar-refractivity contribution in [3.05, 3.63) is 24.3 Å². The van der Waals surface area contributed by atoms with E-state index in [1.165, 1.54) is 12.2 Å². The summed E-state index contributed by atoms with van der Waals surface area (Å²) in [5, 5.41) is 0. The summed E-state index contributed by atoms with van der Waals surface area (Å²) < 4.78 is 0. The first-order valence-electron chi connectivity index (χ1n) is 6.63. The van der Waals surface area contributed by atoms with Crippen molar-refractivity contribution in [1.29, 1.82) is 0 Å². The minimum absolute atomic E-state index is 0.0826. The molecule has 21 heavy (non-hydrogen) atoms. The van der Waals surface area contributed by atoms with Gasteiger partial charge in [-0.25, -0.2) is 4.90 Å². The van der Waals surface area contributed by atoms with Crippen LogP contribution in [0.2, 0.25) is 0 Å². The van der Waals surface area contributed by atoms with E-state index in [4.69, 9.17) is 0 Å². The predicted octanol–water partition coefficient (Wildman–Crippen LogP) is -0.0766. The third-order valence-corrected chi connectivity index (χ3v) is 3.23. The molecule has 0 aromatic carbocycles. The summed E-state index contributed by atoms with van der Waals surface area (Å²) in [6.07, 6.45) is 6.35. The highest BCUT2D eigenvalue weighted by Gasteiger charge is 2.29. The van der Waals surface area contributed by atoms with Crippen LogP contribution in [0.5, 0.6) is 0 Å². The quantitative estimate of drug-likeness (QED) is 0.504.